The molecule has 6 atom stereocenters. The number of carbonyl (C=O) groups excluding carboxylic acids is 3. The van der Waals surface area contributed by atoms with Gasteiger partial charge in [-0.1, -0.05) is 103 Å². The summed E-state index contributed by atoms with van der Waals surface area (Å²) in [5, 5.41) is 22.5. The number of halogens is 7. The van der Waals surface area contributed by atoms with Crippen LogP contribution in [0.15, 0.2) is 162 Å². The van der Waals surface area contributed by atoms with Gasteiger partial charge < -0.3 is 54.8 Å². The van der Waals surface area contributed by atoms with E-state index in [2.05, 4.69) is 39.6 Å². The minimum Gasteiger partial charge on any atom is -0.507 e. The zero-order valence-electron chi connectivity index (χ0n) is 73.7. The van der Waals surface area contributed by atoms with Crippen molar-refractivity contribution in [2.75, 3.05) is 72.9 Å². The van der Waals surface area contributed by atoms with Gasteiger partial charge in [-0.3, -0.25) is 57.4 Å². The van der Waals surface area contributed by atoms with E-state index >= 15 is 22.0 Å². The Hall–Kier alpha value is -13.5. The van der Waals surface area contributed by atoms with Crippen molar-refractivity contribution in [3.8, 4) is 73.7 Å². The number of nitrogens with two attached hydrogens (primary N) is 1. The smallest absolute Gasteiger partial charge is 0.301 e. The van der Waals surface area contributed by atoms with Crippen molar-refractivity contribution in [2.24, 2.45) is 0 Å². The number of anilines is 4. The Bertz CT molecular complexity index is 6900. The molecule has 672 valence electrons. The van der Waals surface area contributed by atoms with Crippen LogP contribution >= 0.6 is 23.2 Å². The molecule has 3 amide bonds. The van der Waals surface area contributed by atoms with E-state index in [0.29, 0.717) is 106 Å². The van der Waals surface area contributed by atoms with Gasteiger partial charge in [-0.2, -0.15) is 0 Å². The van der Waals surface area contributed by atoms with Gasteiger partial charge in [0.15, 0.2) is 23.1 Å². The van der Waals surface area contributed by atoms with Crippen LogP contribution in [0.25, 0.3) is 83.7 Å². The Balaban J connectivity index is 0.000000143. The maximum atomic E-state index is 17.1. The highest BCUT2D eigenvalue weighted by Crippen LogP contribution is 2.50. The van der Waals surface area contributed by atoms with Gasteiger partial charge in [0, 0.05) is 122 Å². The maximum absolute atomic E-state index is 17.1. The topological polar surface area (TPSA) is 286 Å². The zero-order chi connectivity index (χ0) is 93.1. The fourth-order valence-corrected chi connectivity index (χ4v) is 19.7. The lowest BCUT2D eigenvalue weighted by Crippen LogP contribution is -2.62. The van der Waals surface area contributed by atoms with Crippen molar-refractivity contribution in [1.29, 1.82) is 0 Å². The summed E-state index contributed by atoms with van der Waals surface area (Å²) in [7, 11) is 0. The number of nitrogens with zero attached hydrogens (tertiary/aromatic N) is 14. The fraction of sp³-hybridized carbons (Fsp3) is 0.316. The Morgan fingerprint density at radius 3 is 1.36 bits per heavy atom. The lowest BCUT2D eigenvalue weighted by atomic mass is 9.96. The normalized spacial score (nSPS) is 18.0. The van der Waals surface area contributed by atoms with Crippen molar-refractivity contribution in [3.05, 3.63) is 257 Å². The number of amides is 3. The number of rotatable bonds is 12. The van der Waals surface area contributed by atoms with Crippen molar-refractivity contribution in [2.45, 2.75) is 150 Å². The molecule has 12 aromatic rings. The standard InChI is InChI=1S/C33H33ClFN5O4.C33H32F3N5O3.C32H31ClFN5O3/c1-6-25(42)38-16-20-11-13-44-31-30(39(20)15-19(38)5)21-14-23(35)28(26-22(34)8-7-9-24(26)41)37-32(21)40(33(31)43)29-18(4)10-12-36-27(29)17(2)3;1-6-24(42)39-14-19-15-44-32-31(40(19)13-18(39)5)20-12-22(35)26(25-21(34)8-7-9-23(25)37)27(36)30(20)41(33(32)43)29-17(4)10-11-38-28(29)16(2)3;1-6-25(41)37-15-19-12-21-30(38(19)14-18(37)5)20-13-23(34)28(26-22(33)8-7-9-24(26)40)36-31(20)39(32(21)42)29-17(4)10-11-35-27(29)16(2)3/h6-10,12,14,17,19-20,41H,1,11,13,15-16H2,2-5H3;6-12,16,18-19H,1,13-15,37H2,2-5H3;6-11,13,16,18-19,40H,1,12,14-15H2,2-5H3. The molecule has 25 nitrogen and oxygen atoms in total. The maximum Gasteiger partial charge on any atom is 0.301 e. The first-order chi connectivity index (χ1) is 62.0. The van der Waals surface area contributed by atoms with Crippen LogP contribution in [0.3, 0.4) is 0 Å². The summed E-state index contributed by atoms with van der Waals surface area (Å²) in [5.41, 5.74) is 10.6. The van der Waals surface area contributed by atoms with Gasteiger partial charge in [-0.05, 0) is 167 Å². The third-order valence-corrected chi connectivity index (χ3v) is 26.0. The molecule has 3 fully saturated rings. The van der Waals surface area contributed by atoms with E-state index in [-0.39, 0.29) is 187 Å². The third kappa shape index (κ3) is 15.2. The van der Waals surface area contributed by atoms with E-state index in [0.717, 1.165) is 23.3 Å². The molecule has 0 spiro atoms. The number of ether oxygens (including phenoxy) is 2. The Morgan fingerprint density at radius 1 is 0.485 bits per heavy atom. The van der Waals surface area contributed by atoms with E-state index < -0.39 is 57.4 Å². The first-order valence-electron chi connectivity index (χ1n) is 42.9. The number of benzene rings is 4. The predicted molar refractivity (Wildman–Crippen MR) is 495 cm³/mol. The number of hydrogen-bond acceptors (Lipinski definition) is 19. The molecular weight excluding hydrogens is 1710 g/mol. The minimum atomic E-state index is -1.15. The molecule has 6 aliphatic heterocycles. The highest BCUT2D eigenvalue weighted by Gasteiger charge is 2.46. The van der Waals surface area contributed by atoms with Crippen LogP contribution in [0.2, 0.25) is 10.0 Å². The molecule has 8 aromatic heterocycles. The average molecular weight is 1810 g/mol. The Morgan fingerprint density at radius 2 is 0.892 bits per heavy atom. The molecule has 0 radical (unpaired) electrons. The summed E-state index contributed by atoms with van der Waals surface area (Å²) >= 11 is 12.9. The SMILES string of the molecule is C=CC(=O)N1CC2CCOc3c(c4cc(F)c(-c5c(O)cccc5Cl)nc4n(-c4c(C)ccnc4C(C)C)c3=O)N2CC1C.C=CC(=O)N1CC2COc3c(c4cc(F)c(-c5c(N)cccc5F)c(F)c4n(-c4c(C)ccnc4C(C)C)c3=O)N2CC1C.C=CC(=O)N1CC2Cc3c(c4cc(F)c(-c5c(O)cccc5Cl)nc4n(-c4c(C)ccnc4C(C)C)c3=O)N2CC1C. The van der Waals surface area contributed by atoms with Gasteiger partial charge in [-0.25, -0.2) is 31.9 Å². The lowest BCUT2D eigenvalue weighted by molar-refractivity contribution is -0.129. The summed E-state index contributed by atoms with van der Waals surface area (Å²) < 4.78 is 97.1. The number of nitrogen functional groups attached to an aromatic ring is 1. The van der Waals surface area contributed by atoms with Gasteiger partial charge in [0.05, 0.1) is 108 Å². The van der Waals surface area contributed by atoms with Gasteiger partial charge in [0.25, 0.3) is 11.1 Å². The number of fused-ring (bicyclic) bond motifs is 15. The van der Waals surface area contributed by atoms with Crippen LogP contribution in [-0.4, -0.2) is 170 Å². The molecule has 18 rings (SSSR count). The molecule has 130 heavy (non-hydrogen) atoms. The molecule has 6 unspecified atom stereocenters. The predicted octanol–water partition coefficient (Wildman–Crippen LogP) is 16.7. The zero-order valence-corrected chi connectivity index (χ0v) is 75.2. The molecule has 4 aromatic carbocycles. The molecule has 14 heterocycles. The third-order valence-electron chi connectivity index (χ3n) is 25.3. The van der Waals surface area contributed by atoms with Gasteiger partial charge >= 0.3 is 5.56 Å². The number of aryl methyl sites for hydroxylation is 3. The van der Waals surface area contributed by atoms with Crippen LogP contribution in [0.4, 0.5) is 44.7 Å². The number of carbonyl (C=O) groups is 3. The van der Waals surface area contributed by atoms with Crippen LogP contribution in [0.1, 0.15) is 126 Å². The first-order valence-corrected chi connectivity index (χ1v) is 43.7. The molecule has 0 bridgehead atoms. The number of phenolic OH excluding ortho intramolecular Hbond substituents is 2. The Labute approximate surface area is 755 Å². The highest BCUT2D eigenvalue weighted by atomic mass is 35.5. The quantitative estimate of drug-likeness (QED) is 0.0582. The van der Waals surface area contributed by atoms with Crippen molar-refractivity contribution in [1.82, 2.24) is 53.3 Å². The van der Waals surface area contributed by atoms with Gasteiger partial charge in [-0.15, -0.1) is 0 Å². The monoisotopic (exact) mass is 1810 g/mol. The summed E-state index contributed by atoms with van der Waals surface area (Å²) in [6, 6.07) is 20.5. The van der Waals surface area contributed by atoms with Crippen LogP contribution in [-0.2, 0) is 20.8 Å². The average Bonchev–Trinajstić information content (AvgIpc) is 1.28. The molecule has 0 saturated carbocycles. The second kappa shape index (κ2) is 35.2. The molecule has 6 aliphatic rings. The first kappa shape index (κ1) is 89.9. The van der Waals surface area contributed by atoms with E-state index in [1.54, 1.807) is 64.5 Å². The largest absolute Gasteiger partial charge is 0.507 e. The summed E-state index contributed by atoms with van der Waals surface area (Å²) in [5.74, 6) is -5.80. The van der Waals surface area contributed by atoms with E-state index in [4.69, 9.17) is 48.4 Å². The Kier molecular flexibility index (Phi) is 24.3. The van der Waals surface area contributed by atoms with E-state index in [1.807, 2.05) is 98.1 Å². The number of phenols is 2. The number of pyridine rings is 8. The highest BCUT2D eigenvalue weighted by molar-refractivity contribution is 6.34. The van der Waals surface area contributed by atoms with Crippen molar-refractivity contribution < 1.29 is 56.0 Å². The lowest BCUT2D eigenvalue weighted by Gasteiger charge is -2.48. The molecule has 3 saturated heterocycles. The second-order valence-electron chi connectivity index (χ2n) is 34.7. The summed E-state index contributed by atoms with van der Waals surface area (Å²) in [6.07, 6.45) is 9.78. The molecule has 32 heteroatoms. The fourth-order valence-electron chi connectivity index (χ4n) is 19.2. The van der Waals surface area contributed by atoms with Crippen LogP contribution < -0.4 is 46.6 Å². The number of piperazine rings is 3. The molecule has 4 N–H and O–H groups in total. The summed E-state index contributed by atoms with van der Waals surface area (Å²) in [4.78, 5) is 116. The number of aromatic nitrogens is 8. The van der Waals surface area contributed by atoms with Gasteiger partial charge in [0.2, 0.25) is 29.2 Å². The van der Waals surface area contributed by atoms with Crippen LogP contribution in [0.5, 0.6) is 23.0 Å². The van der Waals surface area contributed by atoms with Crippen LogP contribution in [0, 0.1) is 49.9 Å². The molecular formula is C98H96Cl2F5N15O10. The van der Waals surface area contributed by atoms with Crippen molar-refractivity contribution in [3.63, 3.8) is 0 Å². The summed E-state index contributed by atoms with van der Waals surface area (Å²) in [6.45, 7) is 36.4. The number of aromatic hydroxyl groups is 2. The van der Waals surface area contributed by atoms with E-state index in [1.165, 1.54) is 74.4 Å². The molecule has 0 aliphatic carbocycles. The van der Waals surface area contributed by atoms with Gasteiger partial charge in [0.1, 0.15) is 46.8 Å². The van der Waals surface area contributed by atoms with E-state index in [9.17, 15) is 39.0 Å². The number of hydrogen-bond donors (Lipinski definition) is 3. The minimum absolute atomic E-state index is 0.0201. The van der Waals surface area contributed by atoms with Crippen molar-refractivity contribution >= 4 is 96.6 Å². The second-order valence-corrected chi connectivity index (χ2v) is 35.5.